The lowest BCUT2D eigenvalue weighted by atomic mass is 10.0. The summed E-state index contributed by atoms with van der Waals surface area (Å²) in [5, 5.41) is 8.53. The monoisotopic (exact) mass is 245 g/mol. The second-order valence-electron chi connectivity index (χ2n) is 4.11. The van der Waals surface area contributed by atoms with Crippen molar-refractivity contribution in [3.8, 4) is 6.07 Å². The van der Waals surface area contributed by atoms with Gasteiger partial charge >= 0.3 is 0 Å². The highest BCUT2D eigenvalue weighted by Crippen LogP contribution is 2.30. The highest BCUT2D eigenvalue weighted by molar-refractivity contribution is 7.89. The van der Waals surface area contributed by atoms with Gasteiger partial charge in [-0.3, -0.25) is 0 Å². The van der Waals surface area contributed by atoms with Crippen LogP contribution in [0.2, 0.25) is 0 Å². The molecule has 0 heterocycles. The first-order valence-corrected chi connectivity index (χ1v) is 7.24. The van der Waals surface area contributed by atoms with E-state index in [1.54, 1.807) is 13.0 Å². The summed E-state index contributed by atoms with van der Waals surface area (Å²) in [4.78, 5) is 0. The third-order valence-corrected chi connectivity index (χ3v) is 4.95. The van der Waals surface area contributed by atoms with Crippen molar-refractivity contribution >= 4 is 10.0 Å². The Hall–Kier alpha value is -0.640. The Morgan fingerprint density at radius 1 is 1.50 bits per heavy atom. The van der Waals surface area contributed by atoms with Crippen molar-refractivity contribution in [1.29, 1.82) is 5.26 Å². The fraction of sp³-hybridized carbons (Fsp3) is 0.900. The zero-order valence-electron chi connectivity index (χ0n) is 9.59. The van der Waals surface area contributed by atoms with Crippen LogP contribution in [-0.4, -0.2) is 37.6 Å². The molecular formula is C10H19N3O2S. The second kappa shape index (κ2) is 5.62. The van der Waals surface area contributed by atoms with Gasteiger partial charge in [-0.05, 0) is 25.3 Å². The zero-order valence-corrected chi connectivity index (χ0v) is 10.4. The van der Waals surface area contributed by atoms with Crippen molar-refractivity contribution in [1.82, 2.24) is 4.31 Å². The van der Waals surface area contributed by atoms with Crippen LogP contribution >= 0.6 is 0 Å². The van der Waals surface area contributed by atoms with Gasteiger partial charge in [0, 0.05) is 12.6 Å². The molecule has 0 aromatic heterocycles. The smallest absolute Gasteiger partial charge is 0.227 e. The molecule has 1 aliphatic carbocycles. The van der Waals surface area contributed by atoms with Crippen LogP contribution in [-0.2, 0) is 10.0 Å². The number of nitriles is 1. The summed E-state index contributed by atoms with van der Waals surface area (Å²) in [6.07, 6.45) is 2.87. The SMILES string of the molecule is CCN(C1CCCC1CN)S(=O)(=O)CC#N. The molecule has 92 valence electrons. The third-order valence-electron chi connectivity index (χ3n) is 3.21. The minimum absolute atomic E-state index is 0.00616. The van der Waals surface area contributed by atoms with E-state index in [2.05, 4.69) is 0 Å². The van der Waals surface area contributed by atoms with Gasteiger partial charge in [-0.1, -0.05) is 13.3 Å². The van der Waals surface area contributed by atoms with E-state index in [0.29, 0.717) is 13.1 Å². The Kier molecular flexibility index (Phi) is 4.71. The first-order chi connectivity index (χ1) is 7.56. The number of hydrogen-bond donors (Lipinski definition) is 1. The molecule has 1 aliphatic rings. The maximum absolute atomic E-state index is 11.9. The van der Waals surface area contributed by atoms with E-state index in [1.165, 1.54) is 4.31 Å². The lowest BCUT2D eigenvalue weighted by molar-refractivity contribution is 0.277. The van der Waals surface area contributed by atoms with Crippen molar-refractivity contribution < 1.29 is 8.42 Å². The Bertz CT molecular complexity index is 361. The van der Waals surface area contributed by atoms with Gasteiger partial charge in [0.15, 0.2) is 5.75 Å². The van der Waals surface area contributed by atoms with Gasteiger partial charge in [0.2, 0.25) is 10.0 Å². The summed E-state index contributed by atoms with van der Waals surface area (Å²) in [5.74, 6) is -0.192. The van der Waals surface area contributed by atoms with Crippen LogP contribution < -0.4 is 5.73 Å². The third kappa shape index (κ3) is 2.73. The van der Waals surface area contributed by atoms with Crippen LogP contribution in [0.15, 0.2) is 0 Å². The van der Waals surface area contributed by atoms with Gasteiger partial charge in [0.05, 0.1) is 6.07 Å². The largest absolute Gasteiger partial charge is 0.330 e. The molecule has 2 unspecified atom stereocenters. The minimum Gasteiger partial charge on any atom is -0.330 e. The molecule has 0 bridgehead atoms. The maximum atomic E-state index is 11.9. The summed E-state index contributed by atoms with van der Waals surface area (Å²) in [6.45, 7) is 2.75. The van der Waals surface area contributed by atoms with E-state index in [4.69, 9.17) is 11.0 Å². The van der Waals surface area contributed by atoms with E-state index in [9.17, 15) is 8.42 Å². The summed E-state index contributed by atoms with van der Waals surface area (Å²) < 4.78 is 25.2. The number of nitrogens with two attached hydrogens (primary N) is 1. The van der Waals surface area contributed by atoms with E-state index in [-0.39, 0.29) is 12.0 Å². The lowest BCUT2D eigenvalue weighted by Crippen LogP contribution is -2.44. The molecule has 0 aliphatic heterocycles. The second-order valence-corrected chi connectivity index (χ2v) is 6.03. The molecule has 0 spiro atoms. The topological polar surface area (TPSA) is 87.2 Å². The van der Waals surface area contributed by atoms with Gasteiger partial charge in [0.25, 0.3) is 0 Å². The van der Waals surface area contributed by atoms with Gasteiger partial charge in [-0.2, -0.15) is 9.57 Å². The Morgan fingerprint density at radius 2 is 2.19 bits per heavy atom. The van der Waals surface area contributed by atoms with Gasteiger partial charge in [-0.25, -0.2) is 8.42 Å². The summed E-state index contributed by atoms with van der Waals surface area (Å²) >= 11 is 0. The van der Waals surface area contributed by atoms with Crippen molar-refractivity contribution in [2.75, 3.05) is 18.8 Å². The average Bonchev–Trinajstić information content (AvgIpc) is 2.66. The molecule has 1 saturated carbocycles. The fourth-order valence-corrected chi connectivity index (χ4v) is 3.89. The van der Waals surface area contributed by atoms with Gasteiger partial charge in [-0.15, -0.1) is 0 Å². The van der Waals surface area contributed by atoms with Crippen LogP contribution in [0.4, 0.5) is 0 Å². The predicted octanol–water partition coefficient (Wildman–Crippen LogP) is 0.289. The van der Waals surface area contributed by atoms with Crippen LogP contribution in [0.5, 0.6) is 0 Å². The Balaban J connectivity index is 2.86. The molecule has 2 N–H and O–H groups in total. The first kappa shape index (κ1) is 13.4. The number of nitrogens with zero attached hydrogens (tertiary/aromatic N) is 2. The Labute approximate surface area is 97.3 Å². The molecule has 0 saturated heterocycles. The van der Waals surface area contributed by atoms with E-state index < -0.39 is 15.8 Å². The van der Waals surface area contributed by atoms with Crippen LogP contribution in [0.1, 0.15) is 26.2 Å². The fourth-order valence-electron chi connectivity index (χ4n) is 2.47. The van der Waals surface area contributed by atoms with E-state index in [1.807, 2.05) is 0 Å². The van der Waals surface area contributed by atoms with Gasteiger partial charge < -0.3 is 5.73 Å². The van der Waals surface area contributed by atoms with Crippen molar-refractivity contribution in [3.63, 3.8) is 0 Å². The molecule has 0 aromatic carbocycles. The molecule has 16 heavy (non-hydrogen) atoms. The molecule has 6 heteroatoms. The first-order valence-electron chi connectivity index (χ1n) is 5.63. The highest BCUT2D eigenvalue weighted by atomic mass is 32.2. The molecule has 0 aromatic rings. The van der Waals surface area contributed by atoms with Crippen LogP contribution in [0, 0.1) is 17.2 Å². The van der Waals surface area contributed by atoms with Crippen LogP contribution in [0.25, 0.3) is 0 Å². The highest BCUT2D eigenvalue weighted by Gasteiger charge is 2.36. The molecule has 1 rings (SSSR count). The molecule has 1 fully saturated rings. The lowest BCUT2D eigenvalue weighted by Gasteiger charge is -2.30. The number of hydrogen-bond acceptors (Lipinski definition) is 4. The zero-order chi connectivity index (χ0) is 12.2. The molecule has 5 nitrogen and oxygen atoms in total. The summed E-state index contributed by atoms with van der Waals surface area (Å²) in [5.41, 5.74) is 5.65. The Morgan fingerprint density at radius 3 is 2.69 bits per heavy atom. The summed E-state index contributed by atoms with van der Waals surface area (Å²) in [6, 6.07) is 1.71. The van der Waals surface area contributed by atoms with E-state index >= 15 is 0 Å². The summed E-state index contributed by atoms with van der Waals surface area (Å²) in [7, 11) is -3.43. The minimum atomic E-state index is -3.43. The molecule has 0 amide bonds. The van der Waals surface area contributed by atoms with Crippen molar-refractivity contribution in [2.45, 2.75) is 32.2 Å². The average molecular weight is 245 g/mol. The quantitative estimate of drug-likeness (QED) is 0.754. The van der Waals surface area contributed by atoms with Crippen molar-refractivity contribution in [2.24, 2.45) is 11.7 Å². The van der Waals surface area contributed by atoms with Crippen LogP contribution in [0.3, 0.4) is 0 Å². The molecular weight excluding hydrogens is 226 g/mol. The van der Waals surface area contributed by atoms with E-state index in [0.717, 1.165) is 19.3 Å². The number of sulfonamides is 1. The van der Waals surface area contributed by atoms with Crippen molar-refractivity contribution in [3.05, 3.63) is 0 Å². The number of rotatable bonds is 5. The standard InChI is InChI=1S/C10H19N3O2S/c1-2-13(16(14,15)7-6-11)10-5-3-4-9(10)8-12/h9-10H,2-5,7-8,12H2,1H3. The predicted molar refractivity (Wildman–Crippen MR) is 62.0 cm³/mol. The molecule has 2 atom stereocenters. The molecule has 0 radical (unpaired) electrons. The van der Waals surface area contributed by atoms with Gasteiger partial charge in [0.1, 0.15) is 0 Å². The maximum Gasteiger partial charge on any atom is 0.227 e. The normalized spacial score (nSPS) is 25.9.